The molecule has 4 heterocycles. The fraction of sp³-hybridized carbons (Fsp3) is 0.587. The molecule has 2 aromatic carbocycles. The van der Waals surface area contributed by atoms with Crippen LogP contribution < -0.4 is 20.8 Å². The molecule has 9 unspecified atom stereocenters. The maximum Gasteiger partial charge on any atom is 0.312 e. The number of hydrogen-bond acceptors (Lipinski definition) is 15. The summed E-state index contributed by atoms with van der Waals surface area (Å²) in [5, 5.41) is 60.6. The van der Waals surface area contributed by atoms with Gasteiger partial charge in [0.2, 0.25) is 0 Å². The number of anilines is 1. The zero-order chi connectivity index (χ0) is 45.6. The number of ketones is 1. The molecule has 62 heavy (non-hydrogen) atoms. The molecule has 6 rings (SSSR count). The van der Waals surface area contributed by atoms with E-state index in [0.29, 0.717) is 31.8 Å². The van der Waals surface area contributed by atoms with Gasteiger partial charge in [0.25, 0.3) is 11.7 Å². The van der Waals surface area contributed by atoms with E-state index >= 15 is 0 Å². The Labute approximate surface area is 361 Å². The monoisotopic (exact) mass is 862 g/mol. The number of amides is 1. The number of aliphatic hydroxyl groups excluding tert-OH is 3. The highest BCUT2D eigenvalue weighted by Crippen LogP contribution is 2.50. The zero-order valence-electron chi connectivity index (χ0n) is 37.3. The van der Waals surface area contributed by atoms with Gasteiger partial charge >= 0.3 is 11.8 Å². The highest BCUT2D eigenvalue weighted by atomic mass is 16.7. The van der Waals surface area contributed by atoms with Crippen molar-refractivity contribution in [3.8, 4) is 17.2 Å². The van der Waals surface area contributed by atoms with Crippen molar-refractivity contribution in [1.29, 1.82) is 0 Å². The predicted molar refractivity (Wildman–Crippen MR) is 229 cm³/mol. The number of Topliss-reactive ketones (excluding diaryl/α,β-unsaturated/α-hetero) is 1. The van der Waals surface area contributed by atoms with Crippen LogP contribution in [0.3, 0.4) is 0 Å². The molecule has 16 heteroatoms. The van der Waals surface area contributed by atoms with Gasteiger partial charge in [0.1, 0.15) is 28.6 Å². The van der Waals surface area contributed by atoms with Crippen LogP contribution in [-0.4, -0.2) is 117 Å². The summed E-state index contributed by atoms with van der Waals surface area (Å²) in [6.45, 7) is 16.8. The number of benzene rings is 2. The van der Waals surface area contributed by atoms with Crippen LogP contribution in [0.5, 0.6) is 17.2 Å². The summed E-state index contributed by atoms with van der Waals surface area (Å²) >= 11 is 0. The Bertz CT molecular complexity index is 2320. The third-order valence-electron chi connectivity index (χ3n) is 12.9. The maximum absolute atomic E-state index is 14.7. The van der Waals surface area contributed by atoms with Crippen LogP contribution in [0.25, 0.3) is 10.8 Å². The van der Waals surface area contributed by atoms with E-state index in [0.717, 1.165) is 6.54 Å². The van der Waals surface area contributed by atoms with Gasteiger partial charge in [0.05, 0.1) is 47.5 Å². The van der Waals surface area contributed by atoms with Crippen LogP contribution in [0, 0.1) is 36.5 Å². The lowest BCUT2D eigenvalue weighted by molar-refractivity contribution is -0.161. The number of nitrogens with zero attached hydrogens (tertiary/aromatic N) is 3. The number of phenols is 2. The summed E-state index contributed by atoms with van der Waals surface area (Å²) in [5.74, 6) is -7.44. The molecule has 0 radical (unpaired) electrons. The van der Waals surface area contributed by atoms with E-state index in [4.69, 9.17) is 28.9 Å². The van der Waals surface area contributed by atoms with Crippen LogP contribution in [0.15, 0.2) is 46.1 Å². The van der Waals surface area contributed by atoms with Crippen LogP contribution in [0.1, 0.15) is 84.2 Å². The number of ether oxygens (including phenoxy) is 4. The highest BCUT2D eigenvalue weighted by Gasteiger charge is 2.50. The summed E-state index contributed by atoms with van der Waals surface area (Å²) in [6, 6.07) is 0. The van der Waals surface area contributed by atoms with E-state index < -0.39 is 89.6 Å². The summed E-state index contributed by atoms with van der Waals surface area (Å²) in [4.78, 5) is 53.7. The van der Waals surface area contributed by atoms with Gasteiger partial charge in [-0.3, -0.25) is 24.4 Å². The Kier molecular flexibility index (Phi) is 13.6. The Balaban J connectivity index is 1.54. The summed E-state index contributed by atoms with van der Waals surface area (Å²) in [6.07, 6.45) is 4.07. The molecule has 0 aliphatic carbocycles. The van der Waals surface area contributed by atoms with Gasteiger partial charge in [-0.15, -0.1) is 0 Å². The number of carbonyl (C=O) groups excluding carboxylic acids is 3. The van der Waals surface area contributed by atoms with Crippen molar-refractivity contribution < 1.29 is 58.9 Å². The first-order chi connectivity index (χ1) is 29.2. The third kappa shape index (κ3) is 8.59. The van der Waals surface area contributed by atoms with Gasteiger partial charge < -0.3 is 54.7 Å². The first kappa shape index (κ1) is 46.6. The molecule has 1 fully saturated rings. The number of esters is 1. The minimum atomic E-state index is -1.99. The molecular weight excluding hydrogens is 801 g/mol. The van der Waals surface area contributed by atoms with Crippen molar-refractivity contribution in [3.63, 3.8) is 0 Å². The quantitative estimate of drug-likeness (QED) is 0.186. The Morgan fingerprint density at radius 2 is 1.66 bits per heavy atom. The molecule has 1 spiro atoms. The molecule has 0 aromatic heterocycles. The normalized spacial score (nSPS) is 32.3. The lowest BCUT2D eigenvalue weighted by Gasteiger charge is -2.38. The molecule has 4 aliphatic rings. The number of hydrogen-bond donors (Lipinski definition) is 6. The molecule has 6 N–H and O–H groups in total. The third-order valence-corrected chi connectivity index (χ3v) is 12.9. The zero-order valence-corrected chi connectivity index (χ0v) is 37.3. The fourth-order valence-electron chi connectivity index (χ4n) is 9.24. The second kappa shape index (κ2) is 18.1. The van der Waals surface area contributed by atoms with E-state index in [-0.39, 0.29) is 55.4 Å². The second-order valence-electron chi connectivity index (χ2n) is 17.9. The summed E-state index contributed by atoms with van der Waals surface area (Å²) in [5.41, 5.74) is -0.698. The molecule has 0 saturated carbocycles. The standard InChI is InChI=1S/C46H62N4O12/c1-22(2)20-50-17-15-46(16-18-50)48-34-31-32-39(55)27(7)42-33(31)43(57)45(9,62-42)60-19-14-30(59-10)25(5)41(61-28(8)52)26(6)38(54)29(21-51)37(53)23(3)12-11-13-24(4)44(58)47-36(40(32)56)35(34)49-46/h11-14,19,22-23,25-26,29-30,37-38,41,51,53-56H,15-18,20-21H2,1-10H3,(H,47,58)/b12-11+,19-14+,24-13-. The number of methoxy groups -OCH3 is 1. The van der Waals surface area contributed by atoms with Gasteiger partial charge in [-0.25, -0.2) is 0 Å². The van der Waals surface area contributed by atoms with E-state index in [1.807, 2.05) is 0 Å². The van der Waals surface area contributed by atoms with Gasteiger partial charge in [-0.2, -0.15) is 0 Å². The molecule has 4 aliphatic heterocycles. The lowest BCUT2D eigenvalue weighted by atomic mass is 9.78. The van der Waals surface area contributed by atoms with Crippen molar-refractivity contribution in [2.75, 3.05) is 38.7 Å². The fourth-order valence-corrected chi connectivity index (χ4v) is 9.24. The number of likely N-dealkylation sites (tertiary alicyclic amines) is 1. The number of nitrogens with one attached hydrogen (secondary N) is 1. The Hall–Kier alpha value is -4.87. The van der Waals surface area contributed by atoms with Crippen LogP contribution in [0.4, 0.5) is 5.69 Å². The maximum atomic E-state index is 14.7. The van der Waals surface area contributed by atoms with Crippen molar-refractivity contribution in [2.24, 2.45) is 39.6 Å². The van der Waals surface area contributed by atoms with Crippen molar-refractivity contribution in [1.82, 2.24) is 4.90 Å². The molecule has 9 atom stereocenters. The minimum absolute atomic E-state index is 0.0173. The number of phenolic OH excluding ortho intramolecular Hbond substituents is 2. The molecule has 338 valence electrons. The first-order valence-electron chi connectivity index (χ1n) is 21.4. The van der Waals surface area contributed by atoms with E-state index in [2.05, 4.69) is 24.1 Å². The van der Waals surface area contributed by atoms with Gasteiger partial charge in [-0.1, -0.05) is 52.8 Å². The van der Waals surface area contributed by atoms with E-state index in [1.165, 1.54) is 39.4 Å². The summed E-state index contributed by atoms with van der Waals surface area (Å²) < 4.78 is 23.9. The van der Waals surface area contributed by atoms with E-state index in [9.17, 15) is 39.9 Å². The van der Waals surface area contributed by atoms with Crippen molar-refractivity contribution in [3.05, 3.63) is 58.0 Å². The topological polar surface area (TPSA) is 229 Å². The molecule has 1 saturated heterocycles. The smallest absolute Gasteiger partial charge is 0.312 e. The molecule has 1 amide bonds. The number of carbonyl (C=O) groups is 3. The van der Waals surface area contributed by atoms with Gasteiger partial charge in [0.15, 0.2) is 11.4 Å². The first-order valence-corrected chi connectivity index (χ1v) is 21.4. The van der Waals surface area contributed by atoms with Crippen LogP contribution >= 0.6 is 0 Å². The number of allylic oxidation sites excluding steroid dienone is 2. The SMILES string of the molecule is COC1/C=C/OC2(C)Oc3c(C)c(O)c4c(O)c(c5c(c4c3C2=O)=NC2(CCN(CC(C)C)CC2)N=5)NC(=O)/C(C)=C\C=C\C(C)C(O)C(CO)C(O)C(C)C(OC(C)=O)C1C. The van der Waals surface area contributed by atoms with Gasteiger partial charge in [0, 0.05) is 93.6 Å². The average molecular weight is 863 g/mol. The largest absolute Gasteiger partial charge is 0.507 e. The number of piperidine rings is 1. The Morgan fingerprint density at radius 1 is 1.00 bits per heavy atom. The van der Waals surface area contributed by atoms with Gasteiger partial charge in [-0.05, 0) is 25.8 Å². The molecule has 4 bridgehead atoms. The van der Waals surface area contributed by atoms with Crippen molar-refractivity contribution >= 4 is 34.1 Å². The highest BCUT2D eigenvalue weighted by molar-refractivity contribution is 6.19. The molecular formula is C46H62N4O12. The van der Waals surface area contributed by atoms with E-state index in [1.54, 1.807) is 46.8 Å². The minimum Gasteiger partial charge on any atom is -0.507 e. The predicted octanol–water partition coefficient (Wildman–Crippen LogP) is 3.72. The lowest BCUT2D eigenvalue weighted by Crippen LogP contribution is -2.48. The Morgan fingerprint density at radius 3 is 2.27 bits per heavy atom. The second-order valence-corrected chi connectivity index (χ2v) is 17.9. The van der Waals surface area contributed by atoms with Crippen molar-refractivity contribution in [2.45, 2.75) is 111 Å². The summed E-state index contributed by atoms with van der Waals surface area (Å²) in [7, 11) is 1.43. The number of aliphatic hydroxyl groups is 3. The average Bonchev–Trinajstić information content (AvgIpc) is 3.72. The number of fused-ring (bicyclic) bond motifs is 1. The number of rotatable bonds is 5. The van der Waals surface area contributed by atoms with Crippen LogP contribution in [0.2, 0.25) is 0 Å². The number of aromatic hydroxyl groups is 2. The molecule has 16 nitrogen and oxygen atoms in total. The molecule has 2 aromatic rings. The van der Waals surface area contributed by atoms with Crippen LogP contribution in [-0.2, 0) is 23.8 Å².